The van der Waals surface area contributed by atoms with Gasteiger partial charge in [-0.2, -0.15) is 0 Å². The Morgan fingerprint density at radius 1 is 1.24 bits per heavy atom. The maximum Gasteiger partial charge on any atom is 0.265 e. The molecule has 0 aromatic heterocycles. The second-order valence-corrected chi connectivity index (χ2v) is 4.71. The molecule has 0 radical (unpaired) electrons. The molecular weight excluding hydrogens is 300 g/mol. The molecule has 0 spiro atoms. The van der Waals surface area contributed by atoms with Gasteiger partial charge in [-0.1, -0.05) is 23.7 Å². The average molecular weight is 312 g/mol. The lowest BCUT2D eigenvalue weighted by Gasteiger charge is -2.15. The SMILES string of the molecule is C[C@@H](Oc1ccccc1F)C(=O)Nc1ccc(F)cc1Cl. The van der Waals surface area contributed by atoms with Crippen LogP contribution in [0.15, 0.2) is 42.5 Å². The first-order valence-electron chi connectivity index (χ1n) is 6.14. The molecule has 0 saturated carbocycles. The third kappa shape index (κ3) is 3.92. The predicted octanol–water partition coefficient (Wildman–Crippen LogP) is 4.02. The smallest absolute Gasteiger partial charge is 0.265 e. The lowest BCUT2D eigenvalue weighted by atomic mass is 10.2. The molecule has 6 heteroatoms. The van der Waals surface area contributed by atoms with Crippen molar-refractivity contribution in [1.82, 2.24) is 0 Å². The van der Waals surface area contributed by atoms with Crippen molar-refractivity contribution >= 4 is 23.2 Å². The lowest BCUT2D eigenvalue weighted by Crippen LogP contribution is -2.30. The number of hydrogen-bond donors (Lipinski definition) is 1. The predicted molar refractivity (Wildman–Crippen MR) is 76.5 cm³/mol. The molecule has 21 heavy (non-hydrogen) atoms. The molecule has 1 amide bonds. The molecule has 1 atom stereocenters. The highest BCUT2D eigenvalue weighted by molar-refractivity contribution is 6.33. The number of carbonyl (C=O) groups excluding carboxylic acids is 1. The molecule has 0 bridgehead atoms. The summed E-state index contributed by atoms with van der Waals surface area (Å²) in [6, 6.07) is 9.36. The Bertz CT molecular complexity index is 664. The number of rotatable bonds is 4. The van der Waals surface area contributed by atoms with Crippen LogP contribution in [0.4, 0.5) is 14.5 Å². The first kappa shape index (κ1) is 15.3. The van der Waals surface area contributed by atoms with E-state index in [1.54, 1.807) is 6.07 Å². The number of amides is 1. The molecule has 0 fully saturated rings. The van der Waals surface area contributed by atoms with E-state index in [0.29, 0.717) is 0 Å². The minimum absolute atomic E-state index is 0.0228. The van der Waals surface area contributed by atoms with Gasteiger partial charge in [0.15, 0.2) is 17.7 Å². The fraction of sp³-hybridized carbons (Fsp3) is 0.133. The number of ether oxygens (including phenoxy) is 1. The molecule has 0 unspecified atom stereocenters. The second kappa shape index (κ2) is 6.54. The van der Waals surface area contributed by atoms with Crippen molar-refractivity contribution in [1.29, 1.82) is 0 Å². The van der Waals surface area contributed by atoms with Gasteiger partial charge in [-0.15, -0.1) is 0 Å². The summed E-state index contributed by atoms with van der Waals surface area (Å²) in [6.45, 7) is 1.47. The van der Waals surface area contributed by atoms with Crippen LogP contribution in [0, 0.1) is 11.6 Å². The molecule has 1 N–H and O–H groups in total. The Kier molecular flexibility index (Phi) is 4.75. The topological polar surface area (TPSA) is 38.3 Å². The molecule has 0 aliphatic heterocycles. The molecule has 3 nitrogen and oxygen atoms in total. The number of benzene rings is 2. The maximum atomic E-state index is 13.4. The number of para-hydroxylation sites is 1. The number of anilines is 1. The highest BCUT2D eigenvalue weighted by Crippen LogP contribution is 2.23. The van der Waals surface area contributed by atoms with Crippen LogP contribution < -0.4 is 10.1 Å². The summed E-state index contributed by atoms with van der Waals surface area (Å²) in [4.78, 5) is 12.0. The fourth-order valence-electron chi connectivity index (χ4n) is 1.61. The zero-order valence-corrected chi connectivity index (χ0v) is 11.8. The van der Waals surface area contributed by atoms with E-state index in [2.05, 4.69) is 5.32 Å². The van der Waals surface area contributed by atoms with Crippen LogP contribution in [0.2, 0.25) is 5.02 Å². The maximum absolute atomic E-state index is 13.4. The minimum atomic E-state index is -0.942. The van der Waals surface area contributed by atoms with Gasteiger partial charge in [-0.05, 0) is 37.3 Å². The Morgan fingerprint density at radius 2 is 1.95 bits per heavy atom. The zero-order chi connectivity index (χ0) is 15.4. The van der Waals surface area contributed by atoms with Gasteiger partial charge in [0.1, 0.15) is 5.82 Å². The van der Waals surface area contributed by atoms with E-state index in [9.17, 15) is 13.6 Å². The van der Waals surface area contributed by atoms with Crippen LogP contribution in [0.25, 0.3) is 0 Å². The van der Waals surface area contributed by atoms with Crippen LogP contribution in [-0.2, 0) is 4.79 Å². The van der Waals surface area contributed by atoms with Crippen molar-refractivity contribution in [2.24, 2.45) is 0 Å². The monoisotopic (exact) mass is 311 g/mol. The standard InChI is InChI=1S/C15H12ClF2NO2/c1-9(21-14-5-3-2-4-12(14)18)15(20)19-13-7-6-10(17)8-11(13)16/h2-9H,1H3,(H,19,20)/t9-/m1/s1. The van der Waals surface area contributed by atoms with Gasteiger partial charge in [-0.25, -0.2) is 8.78 Å². The molecule has 2 rings (SSSR count). The van der Waals surface area contributed by atoms with E-state index < -0.39 is 23.6 Å². The van der Waals surface area contributed by atoms with Gasteiger partial charge in [0, 0.05) is 0 Å². The largest absolute Gasteiger partial charge is 0.478 e. The lowest BCUT2D eigenvalue weighted by molar-refractivity contribution is -0.122. The summed E-state index contributed by atoms with van der Waals surface area (Å²) >= 11 is 5.81. The summed E-state index contributed by atoms with van der Waals surface area (Å²) < 4.78 is 31.6. The van der Waals surface area contributed by atoms with E-state index in [1.807, 2.05) is 0 Å². The van der Waals surface area contributed by atoms with Gasteiger partial charge >= 0.3 is 0 Å². The van der Waals surface area contributed by atoms with Gasteiger partial charge in [0.2, 0.25) is 0 Å². The third-order valence-corrected chi connectivity index (χ3v) is 3.01. The van der Waals surface area contributed by atoms with Crippen molar-refractivity contribution < 1.29 is 18.3 Å². The molecule has 0 aliphatic carbocycles. The van der Waals surface area contributed by atoms with Crippen LogP contribution in [0.1, 0.15) is 6.92 Å². The third-order valence-electron chi connectivity index (χ3n) is 2.70. The second-order valence-electron chi connectivity index (χ2n) is 4.30. The molecule has 0 heterocycles. The molecule has 2 aromatic rings. The van der Waals surface area contributed by atoms with E-state index in [1.165, 1.54) is 37.3 Å². The van der Waals surface area contributed by atoms with Crippen LogP contribution in [0.5, 0.6) is 5.75 Å². The Morgan fingerprint density at radius 3 is 2.62 bits per heavy atom. The van der Waals surface area contributed by atoms with E-state index >= 15 is 0 Å². The molecule has 2 aromatic carbocycles. The summed E-state index contributed by atoms with van der Waals surface area (Å²) in [5.41, 5.74) is 0.257. The number of hydrogen-bond acceptors (Lipinski definition) is 2. The number of carbonyl (C=O) groups is 1. The fourth-order valence-corrected chi connectivity index (χ4v) is 1.82. The van der Waals surface area contributed by atoms with Crippen molar-refractivity contribution in [2.75, 3.05) is 5.32 Å². The molecule has 0 saturated heterocycles. The quantitative estimate of drug-likeness (QED) is 0.926. The van der Waals surface area contributed by atoms with E-state index in [-0.39, 0.29) is 16.5 Å². The Hall–Kier alpha value is -2.14. The van der Waals surface area contributed by atoms with E-state index in [0.717, 1.165) is 6.07 Å². The normalized spacial score (nSPS) is 11.8. The van der Waals surface area contributed by atoms with Crippen LogP contribution in [0.3, 0.4) is 0 Å². The molecule has 0 aliphatic rings. The summed E-state index contributed by atoms with van der Waals surface area (Å²) in [6.07, 6.45) is -0.942. The van der Waals surface area contributed by atoms with Gasteiger partial charge in [0.05, 0.1) is 10.7 Å². The van der Waals surface area contributed by atoms with E-state index in [4.69, 9.17) is 16.3 Å². The summed E-state index contributed by atoms with van der Waals surface area (Å²) in [7, 11) is 0. The summed E-state index contributed by atoms with van der Waals surface area (Å²) in [5, 5.41) is 2.56. The first-order chi connectivity index (χ1) is 9.97. The zero-order valence-electron chi connectivity index (χ0n) is 11.1. The first-order valence-corrected chi connectivity index (χ1v) is 6.52. The highest BCUT2D eigenvalue weighted by Gasteiger charge is 2.17. The van der Waals surface area contributed by atoms with Crippen LogP contribution >= 0.6 is 11.6 Å². The number of nitrogens with one attached hydrogen (secondary N) is 1. The Labute approximate surface area is 125 Å². The van der Waals surface area contributed by atoms with Crippen molar-refractivity contribution in [2.45, 2.75) is 13.0 Å². The van der Waals surface area contributed by atoms with Crippen molar-refractivity contribution in [3.63, 3.8) is 0 Å². The molecule has 110 valence electrons. The van der Waals surface area contributed by atoms with Gasteiger partial charge in [-0.3, -0.25) is 4.79 Å². The van der Waals surface area contributed by atoms with Crippen LogP contribution in [-0.4, -0.2) is 12.0 Å². The Balaban J connectivity index is 2.04. The van der Waals surface area contributed by atoms with Gasteiger partial charge in [0.25, 0.3) is 5.91 Å². The van der Waals surface area contributed by atoms with Crippen molar-refractivity contribution in [3.05, 3.63) is 59.1 Å². The summed E-state index contributed by atoms with van der Waals surface area (Å²) in [5.74, 6) is -1.61. The van der Waals surface area contributed by atoms with Crippen molar-refractivity contribution in [3.8, 4) is 5.75 Å². The highest BCUT2D eigenvalue weighted by atomic mass is 35.5. The minimum Gasteiger partial charge on any atom is -0.478 e. The number of halogens is 3. The van der Waals surface area contributed by atoms with Gasteiger partial charge < -0.3 is 10.1 Å². The molecular formula is C15H12ClF2NO2. The average Bonchev–Trinajstić information content (AvgIpc) is 2.44.